The Morgan fingerprint density at radius 2 is 1.77 bits per heavy atom. The van der Waals surface area contributed by atoms with E-state index in [-0.39, 0.29) is 13.0 Å². The number of aliphatic carboxylic acids is 2. The fourth-order valence-electron chi connectivity index (χ4n) is 3.39. The summed E-state index contributed by atoms with van der Waals surface area (Å²) in [5, 5.41) is 22.4. The molecule has 3 amide bonds. The first-order chi connectivity index (χ1) is 14.7. The molecular formula is C20H26N4O7. The molecule has 0 spiro atoms. The van der Waals surface area contributed by atoms with Crippen LogP contribution in [0.5, 0.6) is 0 Å². The number of nitrogens with zero attached hydrogens (tertiary/aromatic N) is 1. The molecule has 1 heterocycles. The van der Waals surface area contributed by atoms with Crippen molar-refractivity contribution >= 4 is 29.7 Å². The molecule has 1 fully saturated rings. The number of carbonyl (C=O) groups is 5. The molecule has 2 rings (SSSR count). The molecule has 31 heavy (non-hydrogen) atoms. The topological polar surface area (TPSA) is 179 Å². The van der Waals surface area contributed by atoms with Crippen LogP contribution < -0.4 is 16.4 Å². The molecule has 0 unspecified atom stereocenters. The Morgan fingerprint density at radius 1 is 1.10 bits per heavy atom. The van der Waals surface area contributed by atoms with E-state index in [1.54, 1.807) is 30.3 Å². The number of carbonyl (C=O) groups excluding carboxylic acids is 3. The van der Waals surface area contributed by atoms with Gasteiger partial charge in [-0.05, 0) is 18.4 Å². The van der Waals surface area contributed by atoms with Crippen molar-refractivity contribution in [2.24, 2.45) is 5.73 Å². The minimum Gasteiger partial charge on any atom is -0.481 e. The molecule has 0 saturated carbocycles. The van der Waals surface area contributed by atoms with E-state index in [1.807, 2.05) is 0 Å². The van der Waals surface area contributed by atoms with E-state index < -0.39 is 60.8 Å². The zero-order chi connectivity index (χ0) is 23.0. The Labute approximate surface area is 178 Å². The van der Waals surface area contributed by atoms with Gasteiger partial charge in [0.05, 0.1) is 12.5 Å². The van der Waals surface area contributed by atoms with Gasteiger partial charge in [0, 0.05) is 13.0 Å². The third kappa shape index (κ3) is 7.07. The van der Waals surface area contributed by atoms with Crippen molar-refractivity contribution < 1.29 is 34.2 Å². The van der Waals surface area contributed by atoms with Gasteiger partial charge in [0.15, 0.2) is 0 Å². The number of carboxylic acids is 2. The second-order valence-electron chi connectivity index (χ2n) is 7.26. The Bertz CT molecular complexity index is 830. The molecule has 6 N–H and O–H groups in total. The van der Waals surface area contributed by atoms with Crippen LogP contribution >= 0.6 is 0 Å². The number of hydrogen-bond acceptors (Lipinski definition) is 6. The lowest BCUT2D eigenvalue weighted by Gasteiger charge is -2.29. The van der Waals surface area contributed by atoms with Gasteiger partial charge in [-0.25, -0.2) is 0 Å². The summed E-state index contributed by atoms with van der Waals surface area (Å²) < 4.78 is 0. The molecule has 168 valence electrons. The predicted molar refractivity (Wildman–Crippen MR) is 108 cm³/mol. The molecule has 1 aliphatic rings. The molecule has 0 bridgehead atoms. The molecule has 0 aliphatic carbocycles. The van der Waals surface area contributed by atoms with E-state index in [2.05, 4.69) is 10.6 Å². The predicted octanol–water partition coefficient (Wildman–Crippen LogP) is -1.29. The first-order valence-corrected chi connectivity index (χ1v) is 9.80. The van der Waals surface area contributed by atoms with Gasteiger partial charge in [-0.1, -0.05) is 30.3 Å². The molecule has 0 radical (unpaired) electrons. The summed E-state index contributed by atoms with van der Waals surface area (Å²) in [5.74, 6) is -4.34. The third-order valence-corrected chi connectivity index (χ3v) is 4.88. The summed E-state index contributed by atoms with van der Waals surface area (Å²) in [6, 6.07) is 5.62. The van der Waals surface area contributed by atoms with Crippen molar-refractivity contribution in [3.8, 4) is 0 Å². The quantitative estimate of drug-likeness (QED) is 0.302. The van der Waals surface area contributed by atoms with E-state index in [0.29, 0.717) is 12.8 Å². The SMILES string of the molecule is N[C@@H](CC(=O)O)C(=O)N[C@@H](Cc1ccccc1)C(=O)N1CCC[C@H]1C(=O)NCC(=O)O. The zero-order valence-electron chi connectivity index (χ0n) is 16.8. The van der Waals surface area contributed by atoms with Crippen LogP contribution in [0, 0.1) is 0 Å². The number of rotatable bonds is 10. The molecule has 1 aromatic rings. The van der Waals surface area contributed by atoms with Crippen LogP contribution in [0.15, 0.2) is 30.3 Å². The minimum absolute atomic E-state index is 0.116. The molecular weight excluding hydrogens is 408 g/mol. The maximum Gasteiger partial charge on any atom is 0.322 e. The minimum atomic E-state index is -1.34. The number of benzene rings is 1. The number of likely N-dealkylation sites (tertiary alicyclic amines) is 1. The lowest BCUT2D eigenvalue weighted by atomic mass is 10.0. The largest absolute Gasteiger partial charge is 0.481 e. The molecule has 11 nitrogen and oxygen atoms in total. The second-order valence-corrected chi connectivity index (χ2v) is 7.26. The van der Waals surface area contributed by atoms with Crippen LogP contribution in [0.2, 0.25) is 0 Å². The summed E-state index contributed by atoms with van der Waals surface area (Å²) in [7, 11) is 0. The van der Waals surface area contributed by atoms with Crippen LogP contribution in [0.4, 0.5) is 0 Å². The van der Waals surface area contributed by atoms with E-state index >= 15 is 0 Å². The van der Waals surface area contributed by atoms with Crippen LogP contribution in [0.25, 0.3) is 0 Å². The monoisotopic (exact) mass is 434 g/mol. The zero-order valence-corrected chi connectivity index (χ0v) is 16.8. The number of hydrogen-bond donors (Lipinski definition) is 5. The van der Waals surface area contributed by atoms with E-state index in [9.17, 15) is 24.0 Å². The molecule has 0 aromatic heterocycles. The Kier molecular flexibility index (Phi) is 8.50. The van der Waals surface area contributed by atoms with Crippen molar-refractivity contribution in [2.45, 2.75) is 43.8 Å². The molecule has 11 heteroatoms. The highest BCUT2D eigenvalue weighted by Crippen LogP contribution is 2.20. The third-order valence-electron chi connectivity index (χ3n) is 4.88. The van der Waals surface area contributed by atoms with E-state index in [1.165, 1.54) is 4.90 Å². The van der Waals surface area contributed by atoms with Crippen molar-refractivity contribution in [3.63, 3.8) is 0 Å². The molecule has 1 saturated heterocycles. The van der Waals surface area contributed by atoms with Crippen LogP contribution in [0.3, 0.4) is 0 Å². The second kappa shape index (κ2) is 11.1. The van der Waals surface area contributed by atoms with Gasteiger partial charge in [0.25, 0.3) is 0 Å². The van der Waals surface area contributed by atoms with Gasteiger partial charge in [0.1, 0.15) is 18.6 Å². The first kappa shape index (κ1) is 23.8. The molecule has 1 aliphatic heterocycles. The van der Waals surface area contributed by atoms with Crippen molar-refractivity contribution in [1.29, 1.82) is 0 Å². The Morgan fingerprint density at radius 3 is 2.39 bits per heavy atom. The Hall–Kier alpha value is -3.47. The van der Waals surface area contributed by atoms with E-state index in [4.69, 9.17) is 15.9 Å². The van der Waals surface area contributed by atoms with Crippen molar-refractivity contribution in [1.82, 2.24) is 15.5 Å². The van der Waals surface area contributed by atoms with Gasteiger partial charge >= 0.3 is 11.9 Å². The number of nitrogens with two attached hydrogens (primary N) is 1. The number of nitrogens with one attached hydrogen (secondary N) is 2. The maximum absolute atomic E-state index is 13.2. The van der Waals surface area contributed by atoms with Gasteiger partial charge in [-0.15, -0.1) is 0 Å². The van der Waals surface area contributed by atoms with Crippen LogP contribution in [-0.4, -0.2) is 76.0 Å². The van der Waals surface area contributed by atoms with Crippen LogP contribution in [0.1, 0.15) is 24.8 Å². The van der Waals surface area contributed by atoms with Crippen molar-refractivity contribution in [3.05, 3.63) is 35.9 Å². The Balaban J connectivity index is 2.17. The average Bonchev–Trinajstić information content (AvgIpc) is 3.21. The highest BCUT2D eigenvalue weighted by atomic mass is 16.4. The smallest absolute Gasteiger partial charge is 0.322 e. The first-order valence-electron chi connectivity index (χ1n) is 9.80. The fourth-order valence-corrected chi connectivity index (χ4v) is 3.39. The van der Waals surface area contributed by atoms with Gasteiger partial charge < -0.3 is 31.5 Å². The summed E-state index contributed by atoms with van der Waals surface area (Å²) >= 11 is 0. The van der Waals surface area contributed by atoms with Gasteiger partial charge in [-0.3, -0.25) is 24.0 Å². The summed E-state index contributed by atoms with van der Waals surface area (Å²) in [6.45, 7) is -0.294. The highest BCUT2D eigenvalue weighted by molar-refractivity contribution is 5.94. The van der Waals surface area contributed by atoms with Crippen LogP contribution in [-0.2, 0) is 30.4 Å². The summed E-state index contributed by atoms with van der Waals surface area (Å²) in [5.41, 5.74) is 6.37. The average molecular weight is 434 g/mol. The van der Waals surface area contributed by atoms with Crippen molar-refractivity contribution in [2.75, 3.05) is 13.1 Å². The summed E-state index contributed by atoms with van der Waals surface area (Å²) in [4.78, 5) is 60.8. The lowest BCUT2D eigenvalue weighted by molar-refractivity contribution is -0.143. The lowest BCUT2D eigenvalue weighted by Crippen LogP contribution is -2.56. The van der Waals surface area contributed by atoms with Gasteiger partial charge in [-0.2, -0.15) is 0 Å². The molecule has 1 aromatic carbocycles. The van der Waals surface area contributed by atoms with Gasteiger partial charge in [0.2, 0.25) is 17.7 Å². The normalized spacial score (nSPS) is 17.5. The fraction of sp³-hybridized carbons (Fsp3) is 0.450. The van der Waals surface area contributed by atoms with E-state index in [0.717, 1.165) is 5.56 Å². The standard InChI is InChI=1S/C20H26N4O7/c21-13(10-16(25)26)18(29)23-14(9-12-5-2-1-3-6-12)20(31)24-8-4-7-15(24)19(30)22-11-17(27)28/h1-3,5-6,13-15H,4,7-11,21H2,(H,22,30)(H,23,29)(H,25,26)(H,27,28)/t13-,14-,15-/m0/s1. The highest BCUT2D eigenvalue weighted by Gasteiger charge is 2.38. The summed E-state index contributed by atoms with van der Waals surface area (Å²) in [6.07, 6.45) is 0.427. The maximum atomic E-state index is 13.2. The number of amides is 3. The molecule has 3 atom stereocenters. The number of carboxylic acid groups (broad SMARTS) is 2.